The first-order chi connectivity index (χ1) is 8.04. The van der Waals surface area contributed by atoms with Crippen LogP contribution in [0.25, 0.3) is 0 Å². The van der Waals surface area contributed by atoms with Crippen molar-refractivity contribution in [3.05, 3.63) is 34.4 Å². The van der Waals surface area contributed by atoms with Crippen LogP contribution in [-0.4, -0.2) is 13.0 Å². The Balaban J connectivity index is 2.52. The van der Waals surface area contributed by atoms with Crippen molar-refractivity contribution >= 4 is 5.91 Å². The van der Waals surface area contributed by atoms with Crippen molar-refractivity contribution in [3.63, 3.8) is 0 Å². The van der Waals surface area contributed by atoms with Crippen molar-refractivity contribution in [2.45, 2.75) is 40.0 Å². The number of carbonyl (C=O) groups is 1. The first-order valence-electron chi connectivity index (χ1n) is 6.07. The molecule has 94 valence electrons. The van der Waals surface area contributed by atoms with Crippen LogP contribution in [0.4, 0.5) is 0 Å². The van der Waals surface area contributed by atoms with Gasteiger partial charge in [-0.15, -0.1) is 0 Å². The van der Waals surface area contributed by atoms with E-state index in [2.05, 4.69) is 43.8 Å². The number of carbonyl (C=O) groups excluding carboxylic acids is 1. The Kier molecular flexibility index (Phi) is 5.16. The van der Waals surface area contributed by atoms with Crippen molar-refractivity contribution < 1.29 is 4.79 Å². The molecule has 0 fully saturated rings. The maximum atomic E-state index is 11.3. The molecule has 2 N–H and O–H groups in total. The average Bonchev–Trinajstić information content (AvgIpc) is 2.26. The molecule has 1 aromatic carbocycles. The molecule has 0 saturated carbocycles. The molecule has 0 radical (unpaired) electrons. The number of benzene rings is 1. The third-order valence-electron chi connectivity index (χ3n) is 3.07. The third kappa shape index (κ3) is 4.19. The van der Waals surface area contributed by atoms with E-state index in [0.717, 1.165) is 12.8 Å². The first kappa shape index (κ1) is 13.7. The normalized spacial score (nSPS) is 10.4. The van der Waals surface area contributed by atoms with Crippen molar-refractivity contribution in [1.82, 2.24) is 10.9 Å². The minimum Gasteiger partial charge on any atom is -0.292 e. The van der Waals surface area contributed by atoms with E-state index >= 15 is 0 Å². The van der Waals surface area contributed by atoms with E-state index in [1.165, 1.54) is 22.3 Å². The van der Waals surface area contributed by atoms with Gasteiger partial charge in [0.2, 0.25) is 5.91 Å². The van der Waals surface area contributed by atoms with Gasteiger partial charge in [0.05, 0.1) is 0 Å². The summed E-state index contributed by atoms with van der Waals surface area (Å²) in [5.74, 6) is 0.0500. The smallest absolute Gasteiger partial charge is 0.234 e. The summed E-state index contributed by atoms with van der Waals surface area (Å²) in [7, 11) is 1.70. The summed E-state index contributed by atoms with van der Waals surface area (Å²) in [6, 6.07) is 4.46. The highest BCUT2D eigenvalue weighted by molar-refractivity contribution is 5.75. The quantitative estimate of drug-likeness (QED) is 0.767. The molecule has 1 rings (SSSR count). The number of hydrogen-bond donors (Lipinski definition) is 2. The molecule has 0 saturated heterocycles. The van der Waals surface area contributed by atoms with Crippen molar-refractivity contribution in [2.75, 3.05) is 7.05 Å². The lowest BCUT2D eigenvalue weighted by molar-refractivity contribution is -0.122. The van der Waals surface area contributed by atoms with Crippen LogP contribution in [0, 0.1) is 20.8 Å². The summed E-state index contributed by atoms with van der Waals surface area (Å²) in [4.78, 5) is 11.3. The highest BCUT2D eigenvalue weighted by Gasteiger charge is 2.04. The molecule has 0 atom stereocenters. The van der Waals surface area contributed by atoms with Gasteiger partial charge in [-0.3, -0.25) is 10.2 Å². The summed E-state index contributed by atoms with van der Waals surface area (Å²) in [5.41, 5.74) is 10.6. The topological polar surface area (TPSA) is 41.1 Å². The molecule has 0 heterocycles. The Morgan fingerprint density at radius 3 is 2.41 bits per heavy atom. The van der Waals surface area contributed by atoms with Gasteiger partial charge in [0.1, 0.15) is 0 Å². The van der Waals surface area contributed by atoms with E-state index in [0.29, 0.717) is 6.42 Å². The minimum absolute atomic E-state index is 0.0500. The Morgan fingerprint density at radius 1 is 1.12 bits per heavy atom. The second-order valence-corrected chi connectivity index (χ2v) is 4.51. The molecule has 0 aliphatic carbocycles. The van der Waals surface area contributed by atoms with Crippen molar-refractivity contribution in [3.8, 4) is 0 Å². The fourth-order valence-electron chi connectivity index (χ4n) is 1.93. The molecule has 0 aliphatic rings. The standard InChI is InChI=1S/C14H22N2O/c1-10-8-12(3)13(9-11(10)2)6-5-7-14(17)16-15-4/h8-9,15H,5-7H2,1-4H3,(H,16,17). The number of aryl methyl sites for hydroxylation is 4. The van der Waals surface area contributed by atoms with Crippen molar-refractivity contribution in [2.24, 2.45) is 0 Å². The van der Waals surface area contributed by atoms with Crippen LogP contribution in [0.1, 0.15) is 35.1 Å². The number of rotatable bonds is 5. The van der Waals surface area contributed by atoms with Crippen LogP contribution in [0.2, 0.25) is 0 Å². The Bertz CT molecular complexity index is 399. The van der Waals surface area contributed by atoms with Crippen LogP contribution in [0.3, 0.4) is 0 Å². The molecule has 3 nitrogen and oxygen atoms in total. The zero-order valence-corrected chi connectivity index (χ0v) is 11.2. The first-order valence-corrected chi connectivity index (χ1v) is 6.07. The van der Waals surface area contributed by atoms with Crippen LogP contribution in [-0.2, 0) is 11.2 Å². The van der Waals surface area contributed by atoms with Gasteiger partial charge in [0, 0.05) is 13.5 Å². The second kappa shape index (κ2) is 6.40. The Hall–Kier alpha value is -1.35. The molecule has 0 spiro atoms. The summed E-state index contributed by atoms with van der Waals surface area (Å²) in [5, 5.41) is 0. The van der Waals surface area contributed by atoms with E-state index in [9.17, 15) is 4.79 Å². The molecule has 1 amide bonds. The van der Waals surface area contributed by atoms with Gasteiger partial charge >= 0.3 is 0 Å². The van der Waals surface area contributed by atoms with E-state index in [-0.39, 0.29) is 5.91 Å². The monoisotopic (exact) mass is 234 g/mol. The van der Waals surface area contributed by atoms with Crippen molar-refractivity contribution in [1.29, 1.82) is 0 Å². The van der Waals surface area contributed by atoms with E-state index in [1.807, 2.05) is 0 Å². The predicted octanol–water partition coefficient (Wildman–Crippen LogP) is 2.19. The third-order valence-corrected chi connectivity index (χ3v) is 3.07. The van der Waals surface area contributed by atoms with Crippen LogP contribution in [0.5, 0.6) is 0 Å². The lowest BCUT2D eigenvalue weighted by Crippen LogP contribution is -2.33. The molecule has 0 aliphatic heterocycles. The van der Waals surface area contributed by atoms with Gasteiger partial charge in [-0.25, -0.2) is 5.43 Å². The van der Waals surface area contributed by atoms with E-state index in [1.54, 1.807) is 7.05 Å². The van der Waals surface area contributed by atoms with Gasteiger partial charge in [0.25, 0.3) is 0 Å². The number of hydrazine groups is 1. The Labute approximate surface area is 104 Å². The van der Waals surface area contributed by atoms with Crippen LogP contribution < -0.4 is 10.9 Å². The highest BCUT2D eigenvalue weighted by Crippen LogP contribution is 2.17. The van der Waals surface area contributed by atoms with E-state index in [4.69, 9.17) is 0 Å². The minimum atomic E-state index is 0.0500. The van der Waals surface area contributed by atoms with Gasteiger partial charge < -0.3 is 0 Å². The van der Waals surface area contributed by atoms with Gasteiger partial charge in [0.15, 0.2) is 0 Å². The molecule has 1 aromatic rings. The number of nitrogens with one attached hydrogen (secondary N) is 2. The zero-order chi connectivity index (χ0) is 12.8. The fourth-order valence-corrected chi connectivity index (χ4v) is 1.93. The predicted molar refractivity (Wildman–Crippen MR) is 70.8 cm³/mol. The maximum Gasteiger partial charge on any atom is 0.234 e. The molecular formula is C14H22N2O. The van der Waals surface area contributed by atoms with Crippen LogP contribution in [0.15, 0.2) is 12.1 Å². The largest absolute Gasteiger partial charge is 0.292 e. The number of hydrogen-bond acceptors (Lipinski definition) is 2. The second-order valence-electron chi connectivity index (χ2n) is 4.51. The SMILES string of the molecule is CNNC(=O)CCCc1cc(C)c(C)cc1C. The summed E-state index contributed by atoms with van der Waals surface area (Å²) < 4.78 is 0. The fraction of sp³-hybridized carbons (Fsp3) is 0.500. The molecule has 0 unspecified atom stereocenters. The van der Waals surface area contributed by atoms with Gasteiger partial charge in [-0.05, 0) is 55.9 Å². The van der Waals surface area contributed by atoms with Gasteiger partial charge in [-0.1, -0.05) is 12.1 Å². The molecule has 3 heteroatoms. The summed E-state index contributed by atoms with van der Waals surface area (Å²) >= 11 is 0. The average molecular weight is 234 g/mol. The molecule has 0 bridgehead atoms. The van der Waals surface area contributed by atoms with E-state index < -0.39 is 0 Å². The lowest BCUT2D eigenvalue weighted by atomic mass is 9.97. The molecule has 0 aromatic heterocycles. The molecule has 17 heavy (non-hydrogen) atoms. The molecular weight excluding hydrogens is 212 g/mol. The van der Waals surface area contributed by atoms with Crippen LogP contribution >= 0.6 is 0 Å². The Morgan fingerprint density at radius 2 is 1.76 bits per heavy atom. The summed E-state index contributed by atoms with van der Waals surface area (Å²) in [6.07, 6.45) is 2.41. The number of amides is 1. The highest BCUT2D eigenvalue weighted by atomic mass is 16.2. The zero-order valence-electron chi connectivity index (χ0n) is 11.2. The maximum absolute atomic E-state index is 11.3. The lowest BCUT2D eigenvalue weighted by Gasteiger charge is -2.09. The summed E-state index contributed by atoms with van der Waals surface area (Å²) in [6.45, 7) is 6.40. The van der Waals surface area contributed by atoms with Gasteiger partial charge in [-0.2, -0.15) is 0 Å².